The monoisotopic (exact) mass is 252 g/mol. The van der Waals surface area contributed by atoms with Gasteiger partial charge in [0.2, 0.25) is 0 Å². The van der Waals surface area contributed by atoms with Gasteiger partial charge in [0, 0.05) is 6.07 Å². The third-order valence-corrected chi connectivity index (χ3v) is 2.38. The minimum absolute atomic E-state index is 0.321. The SMILES string of the molecule is CCCC(Oc1cccc(OCC)c1)C(=O)NN. The molecule has 0 spiro atoms. The molecule has 1 aromatic rings. The van der Waals surface area contributed by atoms with Crippen molar-refractivity contribution in [2.45, 2.75) is 32.8 Å². The van der Waals surface area contributed by atoms with Gasteiger partial charge in [-0.1, -0.05) is 19.4 Å². The van der Waals surface area contributed by atoms with Crippen LogP contribution in [0.3, 0.4) is 0 Å². The third-order valence-electron chi connectivity index (χ3n) is 2.38. The zero-order valence-corrected chi connectivity index (χ0v) is 10.8. The molecule has 18 heavy (non-hydrogen) atoms. The van der Waals surface area contributed by atoms with Gasteiger partial charge in [-0.2, -0.15) is 0 Å². The maximum Gasteiger partial charge on any atom is 0.274 e. The van der Waals surface area contributed by atoms with Crippen molar-refractivity contribution in [2.24, 2.45) is 5.84 Å². The van der Waals surface area contributed by atoms with Gasteiger partial charge in [-0.15, -0.1) is 0 Å². The molecule has 1 amide bonds. The number of ether oxygens (including phenoxy) is 2. The largest absolute Gasteiger partial charge is 0.494 e. The molecule has 1 atom stereocenters. The van der Waals surface area contributed by atoms with Crippen molar-refractivity contribution in [3.8, 4) is 11.5 Å². The van der Waals surface area contributed by atoms with Gasteiger partial charge in [0.25, 0.3) is 5.91 Å². The summed E-state index contributed by atoms with van der Waals surface area (Å²) in [6, 6.07) is 7.21. The number of hydrazine groups is 1. The molecule has 5 nitrogen and oxygen atoms in total. The van der Waals surface area contributed by atoms with E-state index in [1.807, 2.05) is 26.0 Å². The Hall–Kier alpha value is -1.75. The van der Waals surface area contributed by atoms with Crippen LogP contribution in [-0.2, 0) is 4.79 Å². The number of amides is 1. The molecule has 0 aliphatic rings. The Labute approximate surface area is 107 Å². The molecule has 0 heterocycles. The highest BCUT2D eigenvalue weighted by atomic mass is 16.5. The van der Waals surface area contributed by atoms with E-state index in [9.17, 15) is 4.79 Å². The highest BCUT2D eigenvalue weighted by Crippen LogP contribution is 2.21. The van der Waals surface area contributed by atoms with E-state index in [0.29, 0.717) is 18.8 Å². The van der Waals surface area contributed by atoms with Crippen LogP contribution in [0.25, 0.3) is 0 Å². The zero-order chi connectivity index (χ0) is 13.4. The van der Waals surface area contributed by atoms with Crippen LogP contribution in [0.15, 0.2) is 24.3 Å². The topological polar surface area (TPSA) is 73.6 Å². The first kappa shape index (κ1) is 14.3. The minimum Gasteiger partial charge on any atom is -0.494 e. The predicted octanol–water partition coefficient (Wildman–Crippen LogP) is 1.62. The molecule has 1 aromatic carbocycles. The smallest absolute Gasteiger partial charge is 0.274 e. The summed E-state index contributed by atoms with van der Waals surface area (Å²) in [4.78, 5) is 11.5. The van der Waals surface area contributed by atoms with Crippen molar-refractivity contribution in [1.82, 2.24) is 5.43 Å². The molecule has 1 rings (SSSR count). The average molecular weight is 252 g/mol. The van der Waals surface area contributed by atoms with E-state index >= 15 is 0 Å². The van der Waals surface area contributed by atoms with Gasteiger partial charge in [-0.05, 0) is 25.5 Å². The molecule has 0 radical (unpaired) electrons. The predicted molar refractivity (Wildman–Crippen MR) is 69.3 cm³/mol. The van der Waals surface area contributed by atoms with E-state index in [1.54, 1.807) is 12.1 Å². The second kappa shape index (κ2) is 7.55. The second-order valence-corrected chi connectivity index (χ2v) is 3.81. The first-order chi connectivity index (χ1) is 8.71. The van der Waals surface area contributed by atoms with Gasteiger partial charge in [0.15, 0.2) is 6.10 Å². The molecule has 5 heteroatoms. The van der Waals surface area contributed by atoms with Crippen LogP contribution in [0.4, 0.5) is 0 Å². The second-order valence-electron chi connectivity index (χ2n) is 3.81. The fraction of sp³-hybridized carbons (Fsp3) is 0.462. The summed E-state index contributed by atoms with van der Waals surface area (Å²) in [7, 11) is 0. The van der Waals surface area contributed by atoms with E-state index in [1.165, 1.54) is 0 Å². The maximum atomic E-state index is 11.5. The van der Waals surface area contributed by atoms with Crippen molar-refractivity contribution in [1.29, 1.82) is 0 Å². The van der Waals surface area contributed by atoms with Crippen molar-refractivity contribution >= 4 is 5.91 Å². The van der Waals surface area contributed by atoms with Gasteiger partial charge in [0.05, 0.1) is 6.61 Å². The molecule has 0 aliphatic carbocycles. The average Bonchev–Trinajstić information content (AvgIpc) is 2.38. The summed E-state index contributed by atoms with van der Waals surface area (Å²) < 4.78 is 11.0. The molecule has 0 saturated carbocycles. The van der Waals surface area contributed by atoms with Gasteiger partial charge >= 0.3 is 0 Å². The first-order valence-corrected chi connectivity index (χ1v) is 6.11. The molecule has 0 fully saturated rings. The summed E-state index contributed by atoms with van der Waals surface area (Å²) >= 11 is 0. The summed E-state index contributed by atoms with van der Waals surface area (Å²) in [6.07, 6.45) is 0.877. The fourth-order valence-corrected chi connectivity index (χ4v) is 1.57. The Morgan fingerprint density at radius 1 is 1.39 bits per heavy atom. The lowest BCUT2D eigenvalue weighted by atomic mass is 10.2. The first-order valence-electron chi connectivity index (χ1n) is 6.11. The molecule has 0 aromatic heterocycles. The Kier molecular flexibility index (Phi) is 6.00. The zero-order valence-electron chi connectivity index (χ0n) is 10.8. The van der Waals surface area contributed by atoms with E-state index in [0.717, 1.165) is 12.2 Å². The van der Waals surface area contributed by atoms with Crippen LogP contribution < -0.4 is 20.7 Å². The lowest BCUT2D eigenvalue weighted by Crippen LogP contribution is -2.42. The highest BCUT2D eigenvalue weighted by Gasteiger charge is 2.18. The summed E-state index contributed by atoms with van der Waals surface area (Å²) in [6.45, 7) is 4.48. The molecule has 1 unspecified atom stereocenters. The summed E-state index contributed by atoms with van der Waals surface area (Å²) in [5.41, 5.74) is 2.11. The lowest BCUT2D eigenvalue weighted by Gasteiger charge is -2.17. The standard InChI is InChI=1S/C13H20N2O3/c1-3-6-12(13(16)15-14)18-11-8-5-7-10(9-11)17-4-2/h5,7-9,12H,3-4,6,14H2,1-2H3,(H,15,16). The normalized spacial score (nSPS) is 11.7. The van der Waals surface area contributed by atoms with Crippen molar-refractivity contribution in [3.63, 3.8) is 0 Å². The van der Waals surface area contributed by atoms with Crippen molar-refractivity contribution < 1.29 is 14.3 Å². The van der Waals surface area contributed by atoms with E-state index in [-0.39, 0.29) is 5.91 Å². The molecule has 3 N–H and O–H groups in total. The number of hydrogen-bond donors (Lipinski definition) is 2. The number of carbonyl (C=O) groups excluding carboxylic acids is 1. The number of nitrogens with two attached hydrogens (primary N) is 1. The Morgan fingerprint density at radius 2 is 2.11 bits per heavy atom. The maximum absolute atomic E-state index is 11.5. The van der Waals surface area contributed by atoms with E-state index in [4.69, 9.17) is 15.3 Å². The van der Waals surface area contributed by atoms with Crippen LogP contribution in [0.2, 0.25) is 0 Å². The molecular formula is C13H20N2O3. The third kappa shape index (κ3) is 4.25. The Morgan fingerprint density at radius 3 is 2.72 bits per heavy atom. The summed E-state index contributed by atoms with van der Waals surface area (Å²) in [5.74, 6) is 6.13. The van der Waals surface area contributed by atoms with Crippen LogP contribution in [0, 0.1) is 0 Å². The van der Waals surface area contributed by atoms with Gasteiger partial charge in [-0.3, -0.25) is 10.2 Å². The Balaban J connectivity index is 2.73. The van der Waals surface area contributed by atoms with Crippen LogP contribution in [-0.4, -0.2) is 18.6 Å². The van der Waals surface area contributed by atoms with Crippen molar-refractivity contribution in [3.05, 3.63) is 24.3 Å². The van der Waals surface area contributed by atoms with Gasteiger partial charge in [-0.25, -0.2) is 5.84 Å². The number of benzene rings is 1. The van der Waals surface area contributed by atoms with Crippen LogP contribution in [0.1, 0.15) is 26.7 Å². The number of rotatable bonds is 7. The van der Waals surface area contributed by atoms with Crippen LogP contribution in [0.5, 0.6) is 11.5 Å². The molecular weight excluding hydrogens is 232 g/mol. The highest BCUT2D eigenvalue weighted by molar-refractivity contribution is 5.80. The van der Waals surface area contributed by atoms with Crippen molar-refractivity contribution in [2.75, 3.05) is 6.61 Å². The molecule has 100 valence electrons. The van der Waals surface area contributed by atoms with Gasteiger partial charge in [0.1, 0.15) is 11.5 Å². The lowest BCUT2D eigenvalue weighted by molar-refractivity contribution is -0.128. The number of hydrogen-bond acceptors (Lipinski definition) is 4. The minimum atomic E-state index is -0.572. The van der Waals surface area contributed by atoms with Crippen LogP contribution >= 0.6 is 0 Å². The van der Waals surface area contributed by atoms with E-state index < -0.39 is 6.10 Å². The van der Waals surface area contributed by atoms with Gasteiger partial charge < -0.3 is 9.47 Å². The fourth-order valence-electron chi connectivity index (χ4n) is 1.57. The number of nitrogens with one attached hydrogen (secondary N) is 1. The number of carbonyl (C=O) groups is 1. The summed E-state index contributed by atoms with van der Waals surface area (Å²) in [5, 5.41) is 0. The quantitative estimate of drug-likeness (QED) is 0.439. The molecule has 0 saturated heterocycles. The molecule has 0 aliphatic heterocycles. The van der Waals surface area contributed by atoms with E-state index in [2.05, 4.69) is 5.43 Å². The molecule has 0 bridgehead atoms. The Bertz CT molecular complexity index is 382.